The summed E-state index contributed by atoms with van der Waals surface area (Å²) in [7, 11) is 0. The lowest BCUT2D eigenvalue weighted by molar-refractivity contribution is -0.113. The first kappa shape index (κ1) is 20.7. The van der Waals surface area contributed by atoms with Crippen molar-refractivity contribution >= 4 is 23.4 Å². The van der Waals surface area contributed by atoms with E-state index in [0.717, 1.165) is 17.0 Å². The quantitative estimate of drug-likeness (QED) is 0.400. The molecular formula is C23H23N5O2S. The number of nitrogens with zero attached hydrogens (tertiary/aromatic N) is 4. The van der Waals surface area contributed by atoms with Gasteiger partial charge in [0.15, 0.2) is 5.16 Å². The first-order valence-electron chi connectivity index (χ1n) is 9.99. The Labute approximate surface area is 185 Å². The van der Waals surface area contributed by atoms with Crippen LogP contribution in [0.1, 0.15) is 12.5 Å². The van der Waals surface area contributed by atoms with E-state index < -0.39 is 0 Å². The summed E-state index contributed by atoms with van der Waals surface area (Å²) in [4.78, 5) is 12.5. The molecule has 1 N–H and O–H groups in total. The molecule has 0 aliphatic heterocycles. The molecule has 2 aromatic heterocycles. The summed E-state index contributed by atoms with van der Waals surface area (Å²) in [6, 6.07) is 21.3. The Hall–Kier alpha value is -3.52. The molecule has 0 atom stereocenters. The second-order valence-electron chi connectivity index (χ2n) is 6.74. The summed E-state index contributed by atoms with van der Waals surface area (Å²) in [6.07, 6.45) is 3.86. The van der Waals surface area contributed by atoms with Gasteiger partial charge in [-0.2, -0.15) is 0 Å². The van der Waals surface area contributed by atoms with Crippen LogP contribution in [0.5, 0.6) is 5.75 Å². The molecular weight excluding hydrogens is 410 g/mol. The molecule has 0 bridgehead atoms. The molecule has 1 amide bonds. The highest BCUT2D eigenvalue weighted by molar-refractivity contribution is 7.99. The van der Waals surface area contributed by atoms with Gasteiger partial charge in [0, 0.05) is 18.1 Å². The molecule has 0 saturated carbocycles. The molecule has 0 aliphatic carbocycles. The molecule has 31 heavy (non-hydrogen) atoms. The maximum Gasteiger partial charge on any atom is 0.236 e. The summed E-state index contributed by atoms with van der Waals surface area (Å²) in [5, 5.41) is 12.3. The van der Waals surface area contributed by atoms with Crippen LogP contribution in [0, 0.1) is 0 Å². The van der Waals surface area contributed by atoms with Crippen LogP contribution in [0.25, 0.3) is 5.95 Å². The van der Waals surface area contributed by atoms with Crippen molar-refractivity contribution in [3.05, 3.63) is 84.7 Å². The van der Waals surface area contributed by atoms with E-state index in [2.05, 4.69) is 27.6 Å². The van der Waals surface area contributed by atoms with Crippen molar-refractivity contribution in [2.24, 2.45) is 0 Å². The number of ether oxygens (including phenoxy) is 1. The van der Waals surface area contributed by atoms with Gasteiger partial charge in [-0.3, -0.25) is 13.9 Å². The zero-order valence-corrected chi connectivity index (χ0v) is 18.0. The zero-order valence-electron chi connectivity index (χ0n) is 17.1. The molecule has 2 aromatic carbocycles. The molecule has 0 aliphatic rings. The van der Waals surface area contributed by atoms with E-state index in [4.69, 9.17) is 4.74 Å². The predicted octanol–water partition coefficient (Wildman–Crippen LogP) is 4.25. The first-order valence-corrected chi connectivity index (χ1v) is 11.0. The third-order valence-corrected chi connectivity index (χ3v) is 5.46. The van der Waals surface area contributed by atoms with Gasteiger partial charge in [0.05, 0.1) is 18.9 Å². The predicted molar refractivity (Wildman–Crippen MR) is 122 cm³/mol. The Morgan fingerprint density at radius 2 is 1.74 bits per heavy atom. The summed E-state index contributed by atoms with van der Waals surface area (Å²) in [5.41, 5.74) is 1.87. The topological polar surface area (TPSA) is 74.0 Å². The fraction of sp³-hybridized carbons (Fsp3) is 0.174. The van der Waals surface area contributed by atoms with Crippen molar-refractivity contribution in [2.75, 3.05) is 17.7 Å². The largest absolute Gasteiger partial charge is 0.494 e. The van der Waals surface area contributed by atoms with E-state index in [1.165, 1.54) is 11.8 Å². The van der Waals surface area contributed by atoms with Gasteiger partial charge in [0.25, 0.3) is 0 Å². The molecule has 0 spiro atoms. The van der Waals surface area contributed by atoms with E-state index in [1.807, 2.05) is 83.0 Å². The molecule has 4 rings (SSSR count). The first-order chi connectivity index (χ1) is 15.2. The van der Waals surface area contributed by atoms with Crippen LogP contribution in [-0.4, -0.2) is 37.6 Å². The van der Waals surface area contributed by atoms with Crippen LogP contribution in [0.2, 0.25) is 0 Å². The third kappa shape index (κ3) is 5.35. The average Bonchev–Trinajstić information content (AvgIpc) is 3.45. The number of carbonyl (C=O) groups is 1. The van der Waals surface area contributed by atoms with Gasteiger partial charge in [-0.25, -0.2) is 0 Å². The van der Waals surface area contributed by atoms with Gasteiger partial charge in [0.2, 0.25) is 11.9 Å². The SMILES string of the molecule is CCOc1ccc(NC(=O)CSc2nnc(-n3cccc3)n2Cc2ccccc2)cc1. The lowest BCUT2D eigenvalue weighted by Crippen LogP contribution is -2.15. The Balaban J connectivity index is 1.45. The minimum absolute atomic E-state index is 0.106. The number of thioether (sulfide) groups is 1. The second kappa shape index (κ2) is 9.99. The number of hydrogen-bond acceptors (Lipinski definition) is 5. The van der Waals surface area contributed by atoms with Crippen molar-refractivity contribution in [3.63, 3.8) is 0 Å². The summed E-state index contributed by atoms with van der Waals surface area (Å²) in [5.74, 6) is 1.61. The molecule has 0 radical (unpaired) electrons. The van der Waals surface area contributed by atoms with E-state index in [-0.39, 0.29) is 11.7 Å². The zero-order chi connectivity index (χ0) is 21.5. The van der Waals surface area contributed by atoms with Gasteiger partial charge in [-0.05, 0) is 48.9 Å². The van der Waals surface area contributed by atoms with Crippen LogP contribution >= 0.6 is 11.8 Å². The molecule has 7 nitrogen and oxygen atoms in total. The lowest BCUT2D eigenvalue weighted by Gasteiger charge is -2.11. The normalized spacial score (nSPS) is 10.7. The van der Waals surface area contributed by atoms with Crippen LogP contribution in [0.4, 0.5) is 5.69 Å². The van der Waals surface area contributed by atoms with Crippen LogP contribution in [-0.2, 0) is 11.3 Å². The smallest absolute Gasteiger partial charge is 0.236 e. The lowest BCUT2D eigenvalue weighted by atomic mass is 10.2. The van der Waals surface area contributed by atoms with Gasteiger partial charge in [-0.15, -0.1) is 10.2 Å². The molecule has 158 valence electrons. The molecule has 0 unspecified atom stereocenters. The number of benzene rings is 2. The highest BCUT2D eigenvalue weighted by Crippen LogP contribution is 2.22. The minimum atomic E-state index is -0.106. The van der Waals surface area contributed by atoms with Crippen LogP contribution < -0.4 is 10.1 Å². The van der Waals surface area contributed by atoms with Crippen molar-refractivity contribution in [2.45, 2.75) is 18.6 Å². The van der Waals surface area contributed by atoms with Crippen molar-refractivity contribution in [1.82, 2.24) is 19.3 Å². The van der Waals surface area contributed by atoms with Crippen molar-refractivity contribution < 1.29 is 9.53 Å². The fourth-order valence-corrected chi connectivity index (χ4v) is 3.81. The van der Waals surface area contributed by atoms with E-state index in [0.29, 0.717) is 24.3 Å². The van der Waals surface area contributed by atoms with E-state index >= 15 is 0 Å². The number of aromatic nitrogens is 4. The molecule has 0 saturated heterocycles. The summed E-state index contributed by atoms with van der Waals surface area (Å²) >= 11 is 1.36. The van der Waals surface area contributed by atoms with Gasteiger partial charge in [-0.1, -0.05) is 42.1 Å². The van der Waals surface area contributed by atoms with E-state index in [9.17, 15) is 4.79 Å². The highest BCUT2D eigenvalue weighted by atomic mass is 32.2. The number of hydrogen-bond donors (Lipinski definition) is 1. The van der Waals surface area contributed by atoms with Gasteiger partial charge in [0.1, 0.15) is 5.75 Å². The van der Waals surface area contributed by atoms with Crippen molar-refractivity contribution in [1.29, 1.82) is 0 Å². The average molecular weight is 434 g/mol. The van der Waals surface area contributed by atoms with Crippen LogP contribution in [0.15, 0.2) is 84.3 Å². The second-order valence-corrected chi connectivity index (χ2v) is 7.68. The maximum absolute atomic E-state index is 12.5. The standard InChI is InChI=1S/C23H23N5O2S/c1-2-30-20-12-10-19(11-13-20)24-21(29)17-31-23-26-25-22(27-14-6-7-15-27)28(23)16-18-8-4-3-5-9-18/h3-15H,2,16-17H2,1H3,(H,24,29). The molecule has 2 heterocycles. The third-order valence-electron chi connectivity index (χ3n) is 4.50. The summed E-state index contributed by atoms with van der Waals surface area (Å²) < 4.78 is 9.36. The summed E-state index contributed by atoms with van der Waals surface area (Å²) in [6.45, 7) is 3.16. The van der Waals surface area contributed by atoms with E-state index in [1.54, 1.807) is 0 Å². The Bertz CT molecular complexity index is 1110. The van der Waals surface area contributed by atoms with Crippen LogP contribution in [0.3, 0.4) is 0 Å². The molecule has 4 aromatic rings. The molecule has 0 fully saturated rings. The van der Waals surface area contributed by atoms with Gasteiger partial charge < -0.3 is 10.1 Å². The Morgan fingerprint density at radius 3 is 2.45 bits per heavy atom. The Kier molecular flexibility index (Phi) is 6.68. The maximum atomic E-state index is 12.5. The monoisotopic (exact) mass is 433 g/mol. The number of anilines is 1. The van der Waals surface area contributed by atoms with Crippen molar-refractivity contribution in [3.8, 4) is 11.7 Å². The highest BCUT2D eigenvalue weighted by Gasteiger charge is 2.16. The van der Waals surface area contributed by atoms with Gasteiger partial charge >= 0.3 is 0 Å². The number of rotatable bonds is 9. The number of amides is 1. The fourth-order valence-electron chi connectivity index (χ4n) is 3.08. The minimum Gasteiger partial charge on any atom is -0.494 e. The number of nitrogens with one attached hydrogen (secondary N) is 1. The Morgan fingerprint density at radius 1 is 1.00 bits per heavy atom. The number of carbonyl (C=O) groups excluding carboxylic acids is 1. The molecule has 8 heteroatoms.